The zero-order chi connectivity index (χ0) is 13.8. The van der Waals surface area contributed by atoms with E-state index in [0.717, 1.165) is 35.5 Å². The highest BCUT2D eigenvalue weighted by Crippen LogP contribution is 2.19. The van der Waals surface area contributed by atoms with Crippen LogP contribution in [-0.2, 0) is 6.54 Å². The standard InChI is InChI=1S/C16H20N2O/c1-12-11-13(2)18(10-6-9-17)15(12)16(19)14-7-4-3-5-8-14/h3-5,7-8,11H,6,9-10,17H2,1-2H3. The molecule has 0 aliphatic rings. The van der Waals surface area contributed by atoms with Gasteiger partial charge >= 0.3 is 0 Å². The van der Waals surface area contributed by atoms with E-state index in [1.165, 1.54) is 0 Å². The van der Waals surface area contributed by atoms with Crippen molar-refractivity contribution in [3.05, 3.63) is 58.9 Å². The van der Waals surface area contributed by atoms with Crippen molar-refractivity contribution in [3.63, 3.8) is 0 Å². The van der Waals surface area contributed by atoms with Crippen LogP contribution in [-0.4, -0.2) is 16.9 Å². The van der Waals surface area contributed by atoms with Gasteiger partial charge in [-0.25, -0.2) is 0 Å². The Morgan fingerprint density at radius 2 is 1.89 bits per heavy atom. The molecule has 100 valence electrons. The minimum absolute atomic E-state index is 0.0863. The van der Waals surface area contributed by atoms with Gasteiger partial charge in [-0.3, -0.25) is 4.79 Å². The molecule has 3 nitrogen and oxygen atoms in total. The van der Waals surface area contributed by atoms with Crippen LogP contribution in [0, 0.1) is 13.8 Å². The van der Waals surface area contributed by atoms with Crippen LogP contribution in [0.5, 0.6) is 0 Å². The third kappa shape index (κ3) is 2.76. The van der Waals surface area contributed by atoms with E-state index in [1.807, 2.05) is 44.2 Å². The third-order valence-corrected chi connectivity index (χ3v) is 3.33. The van der Waals surface area contributed by atoms with Crippen LogP contribution in [0.2, 0.25) is 0 Å². The molecule has 0 fully saturated rings. The lowest BCUT2D eigenvalue weighted by Crippen LogP contribution is -2.14. The van der Waals surface area contributed by atoms with E-state index in [4.69, 9.17) is 5.73 Å². The molecule has 19 heavy (non-hydrogen) atoms. The van der Waals surface area contributed by atoms with Gasteiger partial charge in [0.1, 0.15) is 0 Å². The van der Waals surface area contributed by atoms with Crippen molar-refractivity contribution in [1.29, 1.82) is 0 Å². The summed E-state index contributed by atoms with van der Waals surface area (Å²) in [7, 11) is 0. The van der Waals surface area contributed by atoms with Crippen molar-refractivity contribution in [2.45, 2.75) is 26.8 Å². The van der Waals surface area contributed by atoms with Crippen molar-refractivity contribution < 1.29 is 4.79 Å². The molecule has 1 heterocycles. The fourth-order valence-corrected chi connectivity index (χ4v) is 2.41. The summed E-state index contributed by atoms with van der Waals surface area (Å²) >= 11 is 0. The Morgan fingerprint density at radius 1 is 1.21 bits per heavy atom. The van der Waals surface area contributed by atoms with Crippen LogP contribution in [0.4, 0.5) is 0 Å². The Hall–Kier alpha value is -1.87. The molecule has 1 aromatic heterocycles. The van der Waals surface area contributed by atoms with Gasteiger partial charge in [0.2, 0.25) is 5.78 Å². The van der Waals surface area contributed by atoms with Crippen LogP contribution >= 0.6 is 0 Å². The lowest BCUT2D eigenvalue weighted by molar-refractivity contribution is 0.102. The predicted molar refractivity (Wildman–Crippen MR) is 77.5 cm³/mol. The summed E-state index contributed by atoms with van der Waals surface area (Å²) in [6, 6.07) is 11.5. The maximum Gasteiger partial charge on any atom is 0.209 e. The van der Waals surface area contributed by atoms with Gasteiger partial charge in [-0.05, 0) is 38.4 Å². The molecule has 0 unspecified atom stereocenters. The first kappa shape index (κ1) is 13.6. The van der Waals surface area contributed by atoms with Crippen molar-refractivity contribution >= 4 is 5.78 Å². The predicted octanol–water partition coefficient (Wildman–Crippen LogP) is 2.68. The summed E-state index contributed by atoms with van der Waals surface area (Å²) in [6.45, 7) is 5.45. The molecule has 0 saturated heterocycles. The first-order valence-corrected chi connectivity index (χ1v) is 6.61. The third-order valence-electron chi connectivity index (χ3n) is 3.33. The molecular weight excluding hydrogens is 236 g/mol. The molecule has 0 amide bonds. The molecule has 0 atom stereocenters. The Balaban J connectivity index is 2.41. The zero-order valence-electron chi connectivity index (χ0n) is 11.5. The van der Waals surface area contributed by atoms with Gasteiger partial charge in [0, 0.05) is 17.8 Å². The average Bonchev–Trinajstić information content (AvgIpc) is 2.71. The Morgan fingerprint density at radius 3 is 2.53 bits per heavy atom. The number of ketones is 1. The molecule has 0 radical (unpaired) electrons. The number of benzene rings is 1. The highest BCUT2D eigenvalue weighted by atomic mass is 16.1. The van der Waals surface area contributed by atoms with Crippen LogP contribution in [0.15, 0.2) is 36.4 Å². The minimum atomic E-state index is 0.0863. The van der Waals surface area contributed by atoms with Gasteiger partial charge in [-0.15, -0.1) is 0 Å². The van der Waals surface area contributed by atoms with Gasteiger partial charge in [0.15, 0.2) is 0 Å². The molecule has 0 aliphatic carbocycles. The fraction of sp³-hybridized carbons (Fsp3) is 0.312. The van der Waals surface area contributed by atoms with E-state index >= 15 is 0 Å². The van der Waals surface area contributed by atoms with Gasteiger partial charge in [0.25, 0.3) is 0 Å². The number of carbonyl (C=O) groups excluding carboxylic acids is 1. The second-order valence-corrected chi connectivity index (χ2v) is 4.81. The highest BCUT2D eigenvalue weighted by Gasteiger charge is 2.18. The summed E-state index contributed by atoms with van der Waals surface area (Å²) < 4.78 is 2.08. The lowest BCUT2D eigenvalue weighted by Gasteiger charge is -2.11. The van der Waals surface area contributed by atoms with Crippen molar-refractivity contribution in [2.75, 3.05) is 6.54 Å². The Kier molecular flexibility index (Phi) is 4.17. The monoisotopic (exact) mass is 256 g/mol. The summed E-state index contributed by atoms with van der Waals surface area (Å²) in [4.78, 5) is 12.6. The number of hydrogen-bond donors (Lipinski definition) is 1. The van der Waals surface area contributed by atoms with E-state index in [1.54, 1.807) is 0 Å². The molecule has 2 N–H and O–H groups in total. The summed E-state index contributed by atoms with van der Waals surface area (Å²) in [6.07, 6.45) is 0.879. The van der Waals surface area contributed by atoms with Gasteiger partial charge < -0.3 is 10.3 Å². The second kappa shape index (κ2) is 5.85. The first-order chi connectivity index (χ1) is 9.15. The van der Waals surface area contributed by atoms with Crippen LogP contribution in [0.1, 0.15) is 33.7 Å². The number of aromatic nitrogens is 1. The molecule has 2 rings (SSSR count). The molecule has 0 saturated carbocycles. The van der Waals surface area contributed by atoms with E-state index in [-0.39, 0.29) is 5.78 Å². The minimum Gasteiger partial charge on any atom is -0.342 e. The highest BCUT2D eigenvalue weighted by molar-refractivity contribution is 6.09. The molecule has 3 heteroatoms. The average molecular weight is 256 g/mol. The molecular formula is C16H20N2O. The van der Waals surface area contributed by atoms with E-state index in [2.05, 4.69) is 10.6 Å². The lowest BCUT2D eigenvalue weighted by atomic mass is 10.1. The number of rotatable bonds is 5. The van der Waals surface area contributed by atoms with Crippen molar-refractivity contribution in [3.8, 4) is 0 Å². The van der Waals surface area contributed by atoms with Crippen molar-refractivity contribution in [2.24, 2.45) is 5.73 Å². The summed E-state index contributed by atoms with van der Waals surface area (Å²) in [5.74, 6) is 0.0863. The fourth-order valence-electron chi connectivity index (χ4n) is 2.41. The summed E-state index contributed by atoms with van der Waals surface area (Å²) in [5, 5.41) is 0. The quantitative estimate of drug-likeness (QED) is 0.836. The van der Waals surface area contributed by atoms with E-state index in [0.29, 0.717) is 6.54 Å². The van der Waals surface area contributed by atoms with Gasteiger partial charge in [-0.2, -0.15) is 0 Å². The van der Waals surface area contributed by atoms with Crippen LogP contribution < -0.4 is 5.73 Å². The number of nitrogens with two attached hydrogens (primary N) is 1. The molecule has 0 bridgehead atoms. The number of aryl methyl sites for hydroxylation is 2. The Labute approximate surface area is 114 Å². The van der Waals surface area contributed by atoms with E-state index < -0.39 is 0 Å². The topological polar surface area (TPSA) is 48.0 Å². The maximum atomic E-state index is 12.6. The van der Waals surface area contributed by atoms with Gasteiger partial charge in [0.05, 0.1) is 5.69 Å². The molecule has 2 aromatic rings. The Bertz CT molecular complexity index is 570. The van der Waals surface area contributed by atoms with Crippen molar-refractivity contribution in [1.82, 2.24) is 4.57 Å². The second-order valence-electron chi connectivity index (χ2n) is 4.81. The number of hydrogen-bond acceptors (Lipinski definition) is 2. The zero-order valence-corrected chi connectivity index (χ0v) is 11.5. The number of nitrogens with zero attached hydrogens (tertiary/aromatic N) is 1. The smallest absolute Gasteiger partial charge is 0.209 e. The SMILES string of the molecule is Cc1cc(C)n(CCCN)c1C(=O)c1ccccc1. The first-order valence-electron chi connectivity index (χ1n) is 6.61. The molecule has 0 spiro atoms. The molecule has 0 aliphatic heterocycles. The van der Waals surface area contributed by atoms with Crippen LogP contribution in [0.25, 0.3) is 0 Å². The number of carbonyl (C=O) groups is 1. The molecule has 1 aromatic carbocycles. The van der Waals surface area contributed by atoms with E-state index in [9.17, 15) is 4.79 Å². The maximum absolute atomic E-state index is 12.6. The largest absolute Gasteiger partial charge is 0.342 e. The van der Waals surface area contributed by atoms with Crippen LogP contribution in [0.3, 0.4) is 0 Å². The van der Waals surface area contributed by atoms with Gasteiger partial charge in [-0.1, -0.05) is 30.3 Å². The normalized spacial score (nSPS) is 10.7. The summed E-state index contributed by atoms with van der Waals surface area (Å²) in [5.41, 5.74) is 9.24.